The van der Waals surface area contributed by atoms with Gasteiger partial charge in [0.1, 0.15) is 0 Å². The maximum absolute atomic E-state index is 12.4. The molecular formula is C19H21ClN2O2. The van der Waals surface area contributed by atoms with Crippen LogP contribution < -0.4 is 11.1 Å². The molecule has 24 heavy (non-hydrogen) atoms. The van der Waals surface area contributed by atoms with Crippen molar-refractivity contribution in [3.63, 3.8) is 0 Å². The van der Waals surface area contributed by atoms with Crippen LogP contribution in [0.3, 0.4) is 0 Å². The highest BCUT2D eigenvalue weighted by molar-refractivity contribution is 6.29. The molecule has 1 amide bonds. The Morgan fingerprint density at radius 3 is 2.71 bits per heavy atom. The molecule has 0 aliphatic heterocycles. The standard InChI is InChI=1S/C19H21ClN2O2/c1-5-14(11-10-13(3)20)15-8-7-9-16(17(15)12-24-4)19(23)22-18(21)6-2/h1,6-11,18H,2,12,21H2,3-4H3,(H,22,23)/b13-10+,14-11+. The molecule has 0 aliphatic rings. The predicted molar refractivity (Wildman–Crippen MR) is 99.2 cm³/mol. The molecule has 1 aromatic rings. The van der Waals surface area contributed by atoms with Crippen LogP contribution in [0.1, 0.15) is 28.4 Å². The highest BCUT2D eigenvalue weighted by atomic mass is 35.5. The molecule has 0 saturated carbocycles. The maximum Gasteiger partial charge on any atom is 0.253 e. The fourth-order valence-electron chi connectivity index (χ4n) is 2.05. The average Bonchev–Trinajstić information content (AvgIpc) is 2.56. The molecule has 0 radical (unpaired) electrons. The highest BCUT2D eigenvalue weighted by Gasteiger charge is 2.17. The zero-order chi connectivity index (χ0) is 18.1. The Hall–Kier alpha value is -2.32. The number of nitrogens with one attached hydrogen (secondary N) is 1. The van der Waals surface area contributed by atoms with E-state index in [1.165, 1.54) is 6.08 Å². The van der Waals surface area contributed by atoms with Crippen LogP contribution >= 0.6 is 11.6 Å². The third-order valence-electron chi connectivity index (χ3n) is 3.19. The molecule has 0 spiro atoms. The first-order chi connectivity index (χ1) is 11.4. The van der Waals surface area contributed by atoms with Gasteiger partial charge in [0.2, 0.25) is 0 Å². The van der Waals surface area contributed by atoms with E-state index in [0.29, 0.717) is 21.7 Å². The van der Waals surface area contributed by atoms with E-state index in [2.05, 4.69) is 17.8 Å². The molecule has 1 rings (SSSR count). The number of halogens is 1. The number of ether oxygens (including phenoxy) is 1. The van der Waals surface area contributed by atoms with Crippen molar-refractivity contribution in [3.05, 3.63) is 64.7 Å². The van der Waals surface area contributed by atoms with Gasteiger partial charge in [0.25, 0.3) is 5.91 Å². The fourth-order valence-corrected chi connectivity index (χ4v) is 2.12. The number of methoxy groups -OCH3 is 1. The van der Waals surface area contributed by atoms with Gasteiger partial charge in [-0.1, -0.05) is 42.3 Å². The summed E-state index contributed by atoms with van der Waals surface area (Å²) in [7, 11) is 1.55. The molecule has 0 aromatic heterocycles. The third kappa shape index (κ3) is 5.39. The summed E-state index contributed by atoms with van der Waals surface area (Å²) in [6, 6.07) is 5.28. The molecule has 0 heterocycles. The van der Waals surface area contributed by atoms with Crippen LogP contribution in [-0.2, 0) is 11.3 Å². The van der Waals surface area contributed by atoms with Gasteiger partial charge in [-0.25, -0.2) is 0 Å². The summed E-state index contributed by atoms with van der Waals surface area (Å²) in [6.07, 6.45) is 9.86. The monoisotopic (exact) mass is 344 g/mol. The largest absolute Gasteiger partial charge is 0.380 e. The predicted octanol–water partition coefficient (Wildman–Crippen LogP) is 3.19. The maximum atomic E-state index is 12.4. The van der Waals surface area contributed by atoms with Gasteiger partial charge in [-0.15, -0.1) is 6.42 Å². The number of hydrogen-bond acceptors (Lipinski definition) is 3. The summed E-state index contributed by atoms with van der Waals surface area (Å²) in [5.74, 6) is 2.30. The second-order valence-corrected chi connectivity index (χ2v) is 5.57. The minimum atomic E-state index is -0.638. The Morgan fingerprint density at radius 1 is 1.50 bits per heavy atom. The first-order valence-corrected chi connectivity index (χ1v) is 7.63. The van der Waals surface area contributed by atoms with E-state index >= 15 is 0 Å². The number of carbonyl (C=O) groups is 1. The number of amides is 1. The number of rotatable bonds is 7. The first-order valence-electron chi connectivity index (χ1n) is 7.25. The molecule has 4 nitrogen and oxygen atoms in total. The van der Waals surface area contributed by atoms with Crippen molar-refractivity contribution in [2.45, 2.75) is 19.7 Å². The minimum absolute atomic E-state index is 0.227. The molecule has 1 unspecified atom stereocenters. The van der Waals surface area contributed by atoms with Gasteiger partial charge in [0, 0.05) is 23.3 Å². The van der Waals surface area contributed by atoms with Gasteiger partial charge in [0.05, 0.1) is 12.8 Å². The van der Waals surface area contributed by atoms with Gasteiger partial charge in [-0.2, -0.15) is 0 Å². The van der Waals surface area contributed by atoms with Crippen LogP contribution in [0.5, 0.6) is 0 Å². The smallest absolute Gasteiger partial charge is 0.253 e. The molecule has 0 bridgehead atoms. The molecular weight excluding hydrogens is 324 g/mol. The Kier molecular flexibility index (Phi) is 8.00. The molecule has 0 fully saturated rings. The second kappa shape index (κ2) is 9.74. The van der Waals surface area contributed by atoms with Crippen molar-refractivity contribution in [1.29, 1.82) is 0 Å². The molecule has 0 aliphatic carbocycles. The number of allylic oxidation sites excluding steroid dienone is 4. The quantitative estimate of drug-likeness (QED) is 0.345. The van der Waals surface area contributed by atoms with E-state index in [1.807, 2.05) is 6.07 Å². The number of hydrogen-bond donors (Lipinski definition) is 2. The van der Waals surface area contributed by atoms with Crippen molar-refractivity contribution in [2.24, 2.45) is 5.73 Å². The molecule has 3 N–H and O–H groups in total. The van der Waals surface area contributed by atoms with Crippen LogP contribution in [0.4, 0.5) is 0 Å². The highest BCUT2D eigenvalue weighted by Crippen LogP contribution is 2.24. The Morgan fingerprint density at radius 2 is 2.17 bits per heavy atom. The normalized spacial score (nSPS) is 13.1. The van der Waals surface area contributed by atoms with Crippen LogP contribution in [0.15, 0.2) is 48.0 Å². The second-order valence-electron chi connectivity index (χ2n) is 4.98. The van der Waals surface area contributed by atoms with E-state index in [0.717, 1.165) is 5.56 Å². The number of nitrogens with two attached hydrogens (primary N) is 1. The van der Waals surface area contributed by atoms with Gasteiger partial charge in [0.15, 0.2) is 0 Å². The number of carbonyl (C=O) groups excluding carboxylic acids is 1. The van der Waals surface area contributed by atoms with Gasteiger partial charge in [-0.3, -0.25) is 4.79 Å². The van der Waals surface area contributed by atoms with Gasteiger partial charge in [-0.05, 0) is 36.3 Å². The summed E-state index contributed by atoms with van der Waals surface area (Å²) in [5.41, 5.74) is 8.15. The summed E-state index contributed by atoms with van der Waals surface area (Å²) in [6.45, 7) is 5.53. The Balaban J connectivity index is 3.42. The Labute approximate surface area is 148 Å². The fraction of sp³-hybridized carbons (Fsp3) is 0.211. The minimum Gasteiger partial charge on any atom is -0.380 e. The summed E-state index contributed by atoms with van der Waals surface area (Å²) in [4.78, 5) is 12.4. The van der Waals surface area contributed by atoms with E-state index in [1.54, 1.807) is 38.3 Å². The lowest BCUT2D eigenvalue weighted by Crippen LogP contribution is -2.40. The first kappa shape index (κ1) is 19.7. The molecule has 5 heteroatoms. The topological polar surface area (TPSA) is 64.4 Å². The SMILES string of the molecule is C#C/C(=C\C=C(/C)Cl)c1cccc(C(=O)NC(N)C=C)c1COC. The van der Waals surface area contributed by atoms with Gasteiger partial charge < -0.3 is 15.8 Å². The van der Waals surface area contributed by atoms with Crippen LogP contribution in [-0.4, -0.2) is 19.2 Å². The summed E-state index contributed by atoms with van der Waals surface area (Å²) >= 11 is 5.86. The molecule has 126 valence electrons. The van der Waals surface area contributed by atoms with Crippen molar-refractivity contribution in [2.75, 3.05) is 7.11 Å². The lowest BCUT2D eigenvalue weighted by molar-refractivity contribution is 0.0940. The van der Waals surface area contributed by atoms with E-state index in [-0.39, 0.29) is 12.5 Å². The van der Waals surface area contributed by atoms with Crippen molar-refractivity contribution in [1.82, 2.24) is 5.32 Å². The summed E-state index contributed by atoms with van der Waals surface area (Å²) in [5, 5.41) is 3.24. The van der Waals surface area contributed by atoms with Crippen molar-refractivity contribution < 1.29 is 9.53 Å². The van der Waals surface area contributed by atoms with Crippen LogP contribution in [0, 0.1) is 12.3 Å². The van der Waals surface area contributed by atoms with Gasteiger partial charge >= 0.3 is 0 Å². The average molecular weight is 345 g/mol. The van der Waals surface area contributed by atoms with E-state index < -0.39 is 6.17 Å². The molecule has 1 atom stereocenters. The van der Waals surface area contributed by atoms with Crippen LogP contribution in [0.25, 0.3) is 5.57 Å². The van der Waals surface area contributed by atoms with E-state index in [4.69, 9.17) is 28.5 Å². The van der Waals surface area contributed by atoms with E-state index in [9.17, 15) is 4.79 Å². The lowest BCUT2D eigenvalue weighted by atomic mass is 9.95. The number of benzene rings is 1. The van der Waals surface area contributed by atoms with Crippen molar-refractivity contribution in [3.8, 4) is 12.3 Å². The third-order valence-corrected chi connectivity index (χ3v) is 3.31. The zero-order valence-electron chi connectivity index (χ0n) is 13.8. The zero-order valence-corrected chi connectivity index (χ0v) is 14.6. The molecule has 1 aromatic carbocycles. The lowest BCUT2D eigenvalue weighted by Gasteiger charge is -2.16. The Bertz CT molecular complexity index is 711. The van der Waals surface area contributed by atoms with Crippen LogP contribution in [0.2, 0.25) is 0 Å². The number of terminal acetylenes is 1. The van der Waals surface area contributed by atoms with Crippen molar-refractivity contribution >= 4 is 23.1 Å². The summed E-state index contributed by atoms with van der Waals surface area (Å²) < 4.78 is 5.24. The molecule has 0 saturated heterocycles.